The van der Waals surface area contributed by atoms with Crippen LogP contribution in [0.4, 0.5) is 5.69 Å². The zero-order valence-corrected chi connectivity index (χ0v) is 12.7. The minimum atomic E-state index is 0.932. The molecule has 0 fully saturated rings. The van der Waals surface area contributed by atoms with Gasteiger partial charge in [0.2, 0.25) is 0 Å². The SMILES string of the molecule is Cc1cc(C)cc(N(C)CCNCc2ccccc2)c1. The van der Waals surface area contributed by atoms with Gasteiger partial charge in [-0.05, 0) is 42.7 Å². The highest BCUT2D eigenvalue weighted by Crippen LogP contribution is 2.16. The summed E-state index contributed by atoms with van der Waals surface area (Å²) in [5.41, 5.74) is 5.28. The van der Waals surface area contributed by atoms with E-state index in [2.05, 4.69) is 79.6 Å². The topological polar surface area (TPSA) is 15.3 Å². The molecule has 0 unspecified atom stereocenters. The van der Waals surface area contributed by atoms with E-state index in [1.807, 2.05) is 0 Å². The third kappa shape index (κ3) is 4.39. The maximum atomic E-state index is 3.49. The molecule has 0 amide bonds. The molecule has 0 bridgehead atoms. The molecular weight excluding hydrogens is 244 g/mol. The number of hydrogen-bond acceptors (Lipinski definition) is 2. The maximum Gasteiger partial charge on any atom is 0.0369 e. The average molecular weight is 268 g/mol. The highest BCUT2D eigenvalue weighted by Gasteiger charge is 2.02. The van der Waals surface area contributed by atoms with Crippen LogP contribution in [0.3, 0.4) is 0 Å². The van der Waals surface area contributed by atoms with E-state index in [1.54, 1.807) is 0 Å². The molecule has 0 atom stereocenters. The Morgan fingerprint density at radius 1 is 0.950 bits per heavy atom. The molecule has 106 valence electrons. The number of hydrogen-bond donors (Lipinski definition) is 1. The highest BCUT2D eigenvalue weighted by molar-refractivity contribution is 5.50. The van der Waals surface area contributed by atoms with Crippen LogP contribution in [0.15, 0.2) is 48.5 Å². The molecule has 0 saturated carbocycles. The lowest BCUT2D eigenvalue weighted by Gasteiger charge is -2.20. The van der Waals surface area contributed by atoms with Crippen LogP contribution in [-0.2, 0) is 6.54 Å². The molecule has 2 aromatic rings. The van der Waals surface area contributed by atoms with Gasteiger partial charge in [0.1, 0.15) is 0 Å². The van der Waals surface area contributed by atoms with Crippen LogP contribution in [0.25, 0.3) is 0 Å². The molecule has 0 radical (unpaired) electrons. The van der Waals surface area contributed by atoms with Crippen molar-refractivity contribution in [1.29, 1.82) is 0 Å². The largest absolute Gasteiger partial charge is 0.373 e. The molecule has 0 aliphatic rings. The smallest absolute Gasteiger partial charge is 0.0369 e. The van der Waals surface area contributed by atoms with Crippen molar-refractivity contribution in [1.82, 2.24) is 5.32 Å². The van der Waals surface area contributed by atoms with Gasteiger partial charge < -0.3 is 10.2 Å². The van der Waals surface area contributed by atoms with E-state index in [0.29, 0.717) is 0 Å². The summed E-state index contributed by atoms with van der Waals surface area (Å²) < 4.78 is 0. The van der Waals surface area contributed by atoms with Gasteiger partial charge in [-0.25, -0.2) is 0 Å². The Bertz CT molecular complexity index is 514. The summed E-state index contributed by atoms with van der Waals surface area (Å²) in [6.45, 7) is 7.23. The Kier molecular flexibility index (Phi) is 5.19. The van der Waals surface area contributed by atoms with Crippen LogP contribution in [0.2, 0.25) is 0 Å². The molecule has 2 aromatic carbocycles. The van der Waals surface area contributed by atoms with Crippen molar-refractivity contribution in [2.45, 2.75) is 20.4 Å². The third-order valence-electron chi connectivity index (χ3n) is 3.44. The molecule has 2 nitrogen and oxygen atoms in total. The molecule has 0 heterocycles. The number of nitrogens with one attached hydrogen (secondary N) is 1. The predicted molar refractivity (Wildman–Crippen MR) is 87.3 cm³/mol. The zero-order valence-electron chi connectivity index (χ0n) is 12.7. The van der Waals surface area contributed by atoms with Crippen LogP contribution in [-0.4, -0.2) is 20.1 Å². The number of anilines is 1. The first-order valence-corrected chi connectivity index (χ1v) is 7.19. The second kappa shape index (κ2) is 7.11. The van der Waals surface area contributed by atoms with Gasteiger partial charge in [0.15, 0.2) is 0 Å². The van der Waals surface area contributed by atoms with Gasteiger partial charge in [0, 0.05) is 32.4 Å². The Labute approximate surface area is 122 Å². The Morgan fingerprint density at radius 2 is 1.60 bits per heavy atom. The summed E-state index contributed by atoms with van der Waals surface area (Å²) in [6, 6.07) is 17.2. The van der Waals surface area contributed by atoms with Crippen molar-refractivity contribution < 1.29 is 0 Å². The normalized spacial score (nSPS) is 10.6. The third-order valence-corrected chi connectivity index (χ3v) is 3.44. The molecule has 0 aliphatic carbocycles. The molecular formula is C18H24N2. The first-order chi connectivity index (χ1) is 9.65. The fraction of sp³-hybridized carbons (Fsp3) is 0.333. The van der Waals surface area contributed by atoms with E-state index in [1.165, 1.54) is 22.4 Å². The van der Waals surface area contributed by atoms with Crippen molar-refractivity contribution in [3.8, 4) is 0 Å². The lowest BCUT2D eigenvalue weighted by atomic mass is 10.1. The average Bonchev–Trinajstić information content (AvgIpc) is 2.43. The predicted octanol–water partition coefficient (Wildman–Crippen LogP) is 3.53. The summed E-state index contributed by atoms with van der Waals surface area (Å²) in [7, 11) is 2.15. The monoisotopic (exact) mass is 268 g/mol. The van der Waals surface area contributed by atoms with E-state index >= 15 is 0 Å². The van der Waals surface area contributed by atoms with E-state index in [4.69, 9.17) is 0 Å². The number of rotatable bonds is 6. The Morgan fingerprint density at radius 3 is 2.25 bits per heavy atom. The van der Waals surface area contributed by atoms with Crippen LogP contribution in [0.5, 0.6) is 0 Å². The van der Waals surface area contributed by atoms with Gasteiger partial charge in [-0.2, -0.15) is 0 Å². The van der Waals surface area contributed by atoms with Gasteiger partial charge >= 0.3 is 0 Å². The lowest BCUT2D eigenvalue weighted by Crippen LogP contribution is -2.28. The van der Waals surface area contributed by atoms with E-state index in [0.717, 1.165) is 19.6 Å². The summed E-state index contributed by atoms with van der Waals surface area (Å²) in [5, 5.41) is 3.49. The van der Waals surface area contributed by atoms with Gasteiger partial charge in [-0.15, -0.1) is 0 Å². The zero-order chi connectivity index (χ0) is 14.4. The van der Waals surface area contributed by atoms with Crippen LogP contribution < -0.4 is 10.2 Å². The van der Waals surface area contributed by atoms with Crippen molar-refractivity contribution in [2.24, 2.45) is 0 Å². The van der Waals surface area contributed by atoms with E-state index in [-0.39, 0.29) is 0 Å². The van der Waals surface area contributed by atoms with Crippen LogP contribution in [0.1, 0.15) is 16.7 Å². The highest BCUT2D eigenvalue weighted by atomic mass is 15.1. The molecule has 0 aromatic heterocycles. The fourth-order valence-corrected chi connectivity index (χ4v) is 2.38. The van der Waals surface area contributed by atoms with Crippen molar-refractivity contribution in [3.05, 3.63) is 65.2 Å². The van der Waals surface area contributed by atoms with Gasteiger partial charge in [-0.1, -0.05) is 36.4 Å². The summed E-state index contributed by atoms with van der Waals surface area (Å²) in [6.07, 6.45) is 0. The number of likely N-dealkylation sites (N-methyl/N-ethyl adjacent to an activating group) is 1. The first kappa shape index (κ1) is 14.6. The first-order valence-electron chi connectivity index (χ1n) is 7.19. The number of benzene rings is 2. The molecule has 0 aliphatic heterocycles. The second-order valence-corrected chi connectivity index (χ2v) is 5.43. The molecule has 1 N–H and O–H groups in total. The van der Waals surface area contributed by atoms with E-state index in [9.17, 15) is 0 Å². The van der Waals surface area contributed by atoms with Crippen molar-refractivity contribution >= 4 is 5.69 Å². The Balaban J connectivity index is 1.79. The van der Waals surface area contributed by atoms with Gasteiger partial charge in [-0.3, -0.25) is 0 Å². The van der Waals surface area contributed by atoms with Crippen molar-refractivity contribution in [3.63, 3.8) is 0 Å². The number of nitrogens with zero attached hydrogens (tertiary/aromatic N) is 1. The summed E-state index contributed by atoms with van der Waals surface area (Å²) >= 11 is 0. The van der Waals surface area contributed by atoms with Crippen LogP contribution in [0, 0.1) is 13.8 Å². The molecule has 2 rings (SSSR count). The lowest BCUT2D eigenvalue weighted by molar-refractivity contribution is 0.679. The minimum Gasteiger partial charge on any atom is -0.373 e. The van der Waals surface area contributed by atoms with Crippen molar-refractivity contribution in [2.75, 3.05) is 25.0 Å². The van der Waals surface area contributed by atoms with Crippen LogP contribution >= 0.6 is 0 Å². The minimum absolute atomic E-state index is 0.932. The molecule has 2 heteroatoms. The number of aryl methyl sites for hydroxylation is 2. The van der Waals surface area contributed by atoms with Gasteiger partial charge in [0.05, 0.1) is 0 Å². The Hall–Kier alpha value is -1.80. The fourth-order valence-electron chi connectivity index (χ4n) is 2.38. The quantitative estimate of drug-likeness (QED) is 0.806. The molecule has 0 spiro atoms. The summed E-state index contributed by atoms with van der Waals surface area (Å²) in [5.74, 6) is 0. The second-order valence-electron chi connectivity index (χ2n) is 5.43. The standard InChI is InChI=1S/C18H24N2/c1-15-11-16(2)13-18(12-15)20(3)10-9-19-14-17-7-5-4-6-8-17/h4-8,11-13,19H,9-10,14H2,1-3H3. The molecule has 0 saturated heterocycles. The summed E-state index contributed by atoms with van der Waals surface area (Å²) in [4.78, 5) is 2.30. The molecule has 20 heavy (non-hydrogen) atoms. The maximum absolute atomic E-state index is 3.49. The van der Waals surface area contributed by atoms with Gasteiger partial charge in [0.25, 0.3) is 0 Å². The van der Waals surface area contributed by atoms with E-state index < -0.39 is 0 Å².